The number of halogens is 3. The number of aromatic amines is 1. The third-order valence-electron chi connectivity index (χ3n) is 5.13. The van der Waals surface area contributed by atoms with Crippen LogP contribution in [-0.2, 0) is 6.61 Å². The zero-order valence-electron chi connectivity index (χ0n) is 19.3. The molecule has 0 aliphatic heterocycles. The van der Waals surface area contributed by atoms with E-state index in [4.69, 9.17) is 32.7 Å². The zero-order valence-corrected chi connectivity index (χ0v) is 22.4. The third-order valence-corrected chi connectivity index (χ3v) is 6.41. The summed E-state index contributed by atoms with van der Waals surface area (Å²) in [5.41, 5.74) is 4.40. The molecule has 0 fully saturated rings. The number of nitrogens with one attached hydrogen (secondary N) is 2. The van der Waals surface area contributed by atoms with Crippen molar-refractivity contribution >= 4 is 51.3 Å². The molecule has 37 heavy (non-hydrogen) atoms. The molecule has 4 aromatic rings. The fraction of sp³-hybridized carbons (Fsp3) is 0.0769. The number of benzene rings is 3. The van der Waals surface area contributed by atoms with E-state index >= 15 is 0 Å². The van der Waals surface area contributed by atoms with Gasteiger partial charge < -0.3 is 9.47 Å². The van der Waals surface area contributed by atoms with Gasteiger partial charge in [0.25, 0.3) is 5.56 Å². The Kier molecular flexibility index (Phi) is 8.46. The molecule has 0 saturated carbocycles. The molecule has 186 valence electrons. The summed E-state index contributed by atoms with van der Waals surface area (Å²) in [5, 5.41) is 14.6. The summed E-state index contributed by atoms with van der Waals surface area (Å²) < 4.78 is 12.1. The molecule has 0 radical (unpaired) electrons. The largest absolute Gasteiger partial charge is 0.493 e. The van der Waals surface area contributed by atoms with Crippen molar-refractivity contribution < 1.29 is 9.47 Å². The van der Waals surface area contributed by atoms with Gasteiger partial charge in [0.15, 0.2) is 11.5 Å². The van der Waals surface area contributed by atoms with Crippen molar-refractivity contribution in [3.8, 4) is 28.8 Å². The molecule has 8 nitrogen and oxygen atoms in total. The summed E-state index contributed by atoms with van der Waals surface area (Å²) in [4.78, 5) is 19.3. The zero-order chi connectivity index (χ0) is 26.4. The molecule has 0 unspecified atom stereocenters. The second kappa shape index (κ2) is 11.9. The number of anilines is 1. The van der Waals surface area contributed by atoms with Gasteiger partial charge in [0.2, 0.25) is 5.95 Å². The number of nitriles is 1. The molecule has 11 heteroatoms. The van der Waals surface area contributed by atoms with E-state index in [0.717, 1.165) is 5.56 Å². The number of aromatic nitrogens is 2. The van der Waals surface area contributed by atoms with E-state index in [1.165, 1.54) is 13.3 Å². The summed E-state index contributed by atoms with van der Waals surface area (Å²) in [5.74, 6) is 1.06. The van der Waals surface area contributed by atoms with E-state index in [1.54, 1.807) is 54.6 Å². The minimum Gasteiger partial charge on any atom is -0.493 e. The Morgan fingerprint density at radius 3 is 2.65 bits per heavy atom. The van der Waals surface area contributed by atoms with E-state index in [1.807, 2.05) is 12.1 Å². The Morgan fingerprint density at radius 2 is 1.95 bits per heavy atom. The van der Waals surface area contributed by atoms with Crippen LogP contribution in [0.3, 0.4) is 0 Å². The first-order valence-corrected chi connectivity index (χ1v) is 12.3. The molecular formula is C26H18BrCl2N5O3. The molecule has 1 heterocycles. The molecule has 0 saturated heterocycles. The normalized spacial score (nSPS) is 10.8. The minimum absolute atomic E-state index is 0.0799. The summed E-state index contributed by atoms with van der Waals surface area (Å²) in [6, 6.07) is 19.5. The number of methoxy groups -OCH3 is 1. The van der Waals surface area contributed by atoms with Crippen molar-refractivity contribution in [2.45, 2.75) is 6.61 Å². The second-order valence-corrected chi connectivity index (χ2v) is 9.23. The van der Waals surface area contributed by atoms with E-state index < -0.39 is 5.56 Å². The lowest BCUT2D eigenvalue weighted by Crippen LogP contribution is -2.16. The van der Waals surface area contributed by atoms with Crippen molar-refractivity contribution in [2.24, 2.45) is 5.10 Å². The Hall–Kier alpha value is -3.84. The lowest BCUT2D eigenvalue weighted by molar-refractivity contribution is 0.284. The van der Waals surface area contributed by atoms with Gasteiger partial charge in [-0.05, 0) is 40.2 Å². The van der Waals surface area contributed by atoms with E-state index in [0.29, 0.717) is 37.1 Å². The van der Waals surface area contributed by atoms with Crippen LogP contribution in [0.1, 0.15) is 16.7 Å². The van der Waals surface area contributed by atoms with Gasteiger partial charge in [-0.3, -0.25) is 9.78 Å². The van der Waals surface area contributed by atoms with Crippen molar-refractivity contribution in [2.75, 3.05) is 12.5 Å². The van der Waals surface area contributed by atoms with Crippen molar-refractivity contribution in [1.82, 2.24) is 9.97 Å². The first-order valence-electron chi connectivity index (χ1n) is 10.7. The maximum Gasteiger partial charge on any atom is 0.270 e. The summed E-state index contributed by atoms with van der Waals surface area (Å²) in [6.07, 6.45) is 1.52. The van der Waals surface area contributed by atoms with Crippen LogP contribution >= 0.6 is 39.1 Å². The SMILES string of the molecule is COc1cc(C=NNc2nc(-c3ccccc3)c(C#N)c(=O)[nH]2)c(Br)cc1OCc1ccc(Cl)cc1Cl. The van der Waals surface area contributed by atoms with E-state index in [2.05, 4.69) is 36.4 Å². The van der Waals surface area contributed by atoms with Gasteiger partial charge in [-0.1, -0.05) is 59.6 Å². The van der Waals surface area contributed by atoms with Crippen LogP contribution < -0.4 is 20.5 Å². The Balaban J connectivity index is 1.53. The monoisotopic (exact) mass is 597 g/mol. The van der Waals surface area contributed by atoms with Gasteiger partial charge in [0, 0.05) is 31.2 Å². The summed E-state index contributed by atoms with van der Waals surface area (Å²) in [7, 11) is 1.53. The smallest absolute Gasteiger partial charge is 0.270 e. The number of rotatable bonds is 8. The average molecular weight is 599 g/mol. The second-order valence-electron chi connectivity index (χ2n) is 7.53. The van der Waals surface area contributed by atoms with Gasteiger partial charge in [-0.2, -0.15) is 10.4 Å². The van der Waals surface area contributed by atoms with Crippen LogP contribution in [0.15, 0.2) is 75.0 Å². The summed E-state index contributed by atoms with van der Waals surface area (Å²) >= 11 is 15.7. The Morgan fingerprint density at radius 1 is 1.16 bits per heavy atom. The molecule has 0 amide bonds. The number of hydrogen-bond acceptors (Lipinski definition) is 7. The van der Waals surface area contributed by atoms with E-state index in [9.17, 15) is 10.1 Å². The highest BCUT2D eigenvalue weighted by molar-refractivity contribution is 9.10. The van der Waals surface area contributed by atoms with Gasteiger partial charge >= 0.3 is 0 Å². The number of H-pyrrole nitrogens is 1. The maximum absolute atomic E-state index is 12.4. The molecule has 1 aromatic heterocycles. The molecular weight excluding hydrogens is 581 g/mol. The first-order chi connectivity index (χ1) is 17.9. The van der Waals surface area contributed by atoms with Crippen LogP contribution in [0.25, 0.3) is 11.3 Å². The predicted molar refractivity (Wildman–Crippen MR) is 148 cm³/mol. The topological polar surface area (TPSA) is 112 Å². The van der Waals surface area contributed by atoms with Crippen LogP contribution in [-0.4, -0.2) is 23.3 Å². The fourth-order valence-electron chi connectivity index (χ4n) is 3.31. The summed E-state index contributed by atoms with van der Waals surface area (Å²) in [6.45, 7) is 0.218. The lowest BCUT2D eigenvalue weighted by atomic mass is 10.1. The van der Waals surface area contributed by atoms with E-state index in [-0.39, 0.29) is 23.8 Å². The fourth-order valence-corrected chi connectivity index (χ4v) is 4.20. The number of nitrogens with zero attached hydrogens (tertiary/aromatic N) is 3. The van der Waals surface area contributed by atoms with Crippen molar-refractivity contribution in [3.63, 3.8) is 0 Å². The molecule has 3 aromatic carbocycles. The van der Waals surface area contributed by atoms with Gasteiger partial charge in [-0.15, -0.1) is 0 Å². The highest BCUT2D eigenvalue weighted by atomic mass is 79.9. The molecule has 0 spiro atoms. The molecule has 0 bridgehead atoms. The minimum atomic E-state index is -0.570. The van der Waals surface area contributed by atoms with Crippen molar-refractivity contribution in [3.05, 3.63) is 102 Å². The van der Waals surface area contributed by atoms with Gasteiger partial charge in [0.05, 0.1) is 19.0 Å². The average Bonchev–Trinajstić information content (AvgIpc) is 2.89. The van der Waals surface area contributed by atoms with Crippen LogP contribution in [0, 0.1) is 11.3 Å². The molecule has 0 aliphatic carbocycles. The first kappa shape index (κ1) is 26.2. The number of ether oxygens (including phenoxy) is 2. The van der Waals surface area contributed by atoms with Crippen molar-refractivity contribution in [1.29, 1.82) is 5.26 Å². The molecule has 0 aliphatic rings. The van der Waals surface area contributed by atoms with Crippen LogP contribution in [0.4, 0.5) is 5.95 Å². The third kappa shape index (κ3) is 6.30. The Bertz CT molecular complexity index is 1570. The lowest BCUT2D eigenvalue weighted by Gasteiger charge is -2.13. The van der Waals surface area contributed by atoms with Crippen LogP contribution in [0.2, 0.25) is 10.0 Å². The number of hydrazone groups is 1. The maximum atomic E-state index is 12.4. The molecule has 4 rings (SSSR count). The predicted octanol–water partition coefficient (Wildman–Crippen LogP) is 6.41. The van der Waals surface area contributed by atoms with Gasteiger partial charge in [-0.25, -0.2) is 10.4 Å². The standard InChI is InChI=1S/C26H18BrCl2N5O3/c1-36-22-9-17(20(27)11-23(22)37-14-16-7-8-18(28)10-21(16)29)13-31-34-26-32-24(15-5-3-2-4-6-15)19(12-30)25(35)33-26/h2-11,13H,14H2,1H3,(H2,32,33,34,35). The highest BCUT2D eigenvalue weighted by Crippen LogP contribution is 2.34. The van der Waals surface area contributed by atoms with Crippen LogP contribution in [0.5, 0.6) is 11.5 Å². The molecule has 0 atom stereocenters. The number of hydrogen-bond donors (Lipinski definition) is 2. The highest BCUT2D eigenvalue weighted by Gasteiger charge is 2.14. The van der Waals surface area contributed by atoms with Gasteiger partial charge in [0.1, 0.15) is 18.2 Å². The quantitative estimate of drug-likeness (QED) is 0.179. The Labute approximate surface area is 230 Å². The molecule has 2 N–H and O–H groups in total.